The molecular weight excluding hydrogens is 306 g/mol. The maximum Gasteiger partial charge on any atom is 0.257 e. The predicted octanol–water partition coefficient (Wildman–Crippen LogP) is 0.358. The van der Waals surface area contributed by atoms with E-state index in [9.17, 15) is 9.59 Å². The summed E-state index contributed by atoms with van der Waals surface area (Å²) in [7, 11) is 1.54. The second-order valence-corrected chi connectivity index (χ2v) is 5.24. The van der Waals surface area contributed by atoms with Gasteiger partial charge in [-0.2, -0.15) is 0 Å². The Hall–Kier alpha value is -2.55. The first-order valence-corrected chi connectivity index (χ1v) is 7.28. The molecule has 0 radical (unpaired) electrons. The molecule has 0 bridgehead atoms. The quantitative estimate of drug-likeness (QED) is 0.604. The molecule has 0 atom stereocenters. The molecule has 2 aromatic rings. The van der Waals surface area contributed by atoms with Crippen LogP contribution < -0.4 is 15.9 Å². The lowest BCUT2D eigenvalue weighted by Gasteiger charge is -2.05. The van der Waals surface area contributed by atoms with E-state index in [1.54, 1.807) is 31.2 Å². The molecule has 116 valence electrons. The number of rotatable bonds is 5. The van der Waals surface area contributed by atoms with E-state index in [1.165, 1.54) is 11.8 Å². The maximum absolute atomic E-state index is 11.9. The number of methoxy groups -OCH3 is 1. The van der Waals surface area contributed by atoms with E-state index in [2.05, 4.69) is 15.5 Å². The summed E-state index contributed by atoms with van der Waals surface area (Å²) >= 11 is 1.10. The third-order valence-corrected chi connectivity index (χ3v) is 3.72. The Morgan fingerprint density at radius 3 is 2.55 bits per heavy atom. The fourth-order valence-corrected chi connectivity index (χ4v) is 2.26. The smallest absolute Gasteiger partial charge is 0.257 e. The predicted molar refractivity (Wildman–Crippen MR) is 81.1 cm³/mol. The van der Waals surface area contributed by atoms with Crippen molar-refractivity contribution in [2.45, 2.75) is 12.1 Å². The monoisotopic (exact) mass is 321 g/mol. The summed E-state index contributed by atoms with van der Waals surface area (Å²) in [4.78, 5) is 23.7. The Labute approximate surface area is 131 Å². The van der Waals surface area contributed by atoms with E-state index >= 15 is 0 Å². The summed E-state index contributed by atoms with van der Waals surface area (Å²) in [5.41, 5.74) is 0.372. The summed E-state index contributed by atoms with van der Waals surface area (Å²) in [5, 5.41) is 10.3. The highest BCUT2D eigenvalue weighted by Crippen LogP contribution is 2.14. The standard InChI is InChI=1S/C13H15N5O3S/c1-8-16-17-13(18(8)14)22-7-11(19)15-12(20)9-3-5-10(21-2)6-4-9/h3-6H,7,14H2,1-2H3,(H,15,19,20). The van der Waals surface area contributed by atoms with Crippen molar-refractivity contribution >= 4 is 23.6 Å². The lowest BCUT2D eigenvalue weighted by atomic mass is 10.2. The minimum atomic E-state index is -0.473. The number of imide groups is 1. The summed E-state index contributed by atoms with van der Waals surface area (Å²) in [5.74, 6) is 5.94. The number of carbonyl (C=O) groups excluding carboxylic acids is 2. The molecule has 0 aliphatic carbocycles. The summed E-state index contributed by atoms with van der Waals surface area (Å²) < 4.78 is 6.28. The molecule has 8 nitrogen and oxygen atoms in total. The molecule has 0 saturated carbocycles. The van der Waals surface area contributed by atoms with Gasteiger partial charge in [-0.3, -0.25) is 14.9 Å². The van der Waals surface area contributed by atoms with Gasteiger partial charge in [0.15, 0.2) is 0 Å². The number of nitrogen functional groups attached to an aromatic ring is 1. The van der Waals surface area contributed by atoms with Gasteiger partial charge in [-0.05, 0) is 31.2 Å². The fraction of sp³-hybridized carbons (Fsp3) is 0.231. The van der Waals surface area contributed by atoms with Crippen molar-refractivity contribution in [1.29, 1.82) is 0 Å². The summed E-state index contributed by atoms with van der Waals surface area (Å²) in [6.07, 6.45) is 0. The van der Waals surface area contributed by atoms with Crippen LogP contribution in [0.4, 0.5) is 0 Å². The van der Waals surface area contributed by atoms with Crippen LogP contribution in [0.2, 0.25) is 0 Å². The van der Waals surface area contributed by atoms with E-state index in [0.717, 1.165) is 11.8 Å². The molecule has 0 saturated heterocycles. The number of benzene rings is 1. The first-order chi connectivity index (χ1) is 10.5. The van der Waals surface area contributed by atoms with Crippen molar-refractivity contribution in [2.24, 2.45) is 0 Å². The third-order valence-electron chi connectivity index (χ3n) is 2.77. The summed E-state index contributed by atoms with van der Waals surface area (Å²) in [6, 6.07) is 6.45. The molecule has 3 N–H and O–H groups in total. The van der Waals surface area contributed by atoms with Crippen LogP contribution in [0.5, 0.6) is 5.75 Å². The van der Waals surface area contributed by atoms with Crippen molar-refractivity contribution < 1.29 is 14.3 Å². The molecule has 1 aromatic carbocycles. The zero-order valence-corrected chi connectivity index (χ0v) is 12.9. The minimum Gasteiger partial charge on any atom is -0.497 e. The number of aryl methyl sites for hydroxylation is 1. The van der Waals surface area contributed by atoms with Crippen LogP contribution in [-0.2, 0) is 4.79 Å². The number of ether oxygens (including phenoxy) is 1. The van der Waals surface area contributed by atoms with E-state index in [1.807, 2.05) is 0 Å². The molecule has 2 rings (SSSR count). The molecule has 0 spiro atoms. The van der Waals surface area contributed by atoms with Crippen LogP contribution in [0, 0.1) is 6.92 Å². The number of thioether (sulfide) groups is 1. The number of aromatic nitrogens is 3. The summed E-state index contributed by atoms with van der Waals surface area (Å²) in [6.45, 7) is 1.70. The van der Waals surface area contributed by atoms with E-state index < -0.39 is 11.8 Å². The average Bonchev–Trinajstić information content (AvgIpc) is 2.84. The van der Waals surface area contributed by atoms with Gasteiger partial charge in [-0.15, -0.1) is 10.2 Å². The first-order valence-electron chi connectivity index (χ1n) is 6.29. The normalized spacial score (nSPS) is 10.3. The molecule has 2 amide bonds. The van der Waals surface area contributed by atoms with Crippen molar-refractivity contribution in [3.8, 4) is 5.75 Å². The maximum atomic E-state index is 11.9. The van der Waals surface area contributed by atoms with Gasteiger partial charge in [0.05, 0.1) is 12.9 Å². The van der Waals surface area contributed by atoms with E-state index in [0.29, 0.717) is 22.3 Å². The van der Waals surface area contributed by atoms with Crippen LogP contribution in [0.25, 0.3) is 0 Å². The Kier molecular flexibility index (Phi) is 4.99. The zero-order valence-electron chi connectivity index (χ0n) is 12.1. The van der Waals surface area contributed by atoms with Gasteiger partial charge >= 0.3 is 0 Å². The molecule has 22 heavy (non-hydrogen) atoms. The number of nitrogens with two attached hydrogens (primary N) is 1. The van der Waals surface area contributed by atoms with Gasteiger partial charge in [0.25, 0.3) is 5.91 Å². The van der Waals surface area contributed by atoms with Crippen LogP contribution >= 0.6 is 11.8 Å². The number of carbonyl (C=O) groups is 2. The van der Waals surface area contributed by atoms with Crippen molar-refractivity contribution in [2.75, 3.05) is 18.7 Å². The molecule has 1 heterocycles. The molecule has 0 fully saturated rings. The van der Waals surface area contributed by atoms with Crippen LogP contribution in [-0.4, -0.2) is 39.6 Å². The minimum absolute atomic E-state index is 0.0111. The number of amides is 2. The largest absolute Gasteiger partial charge is 0.497 e. The van der Waals surface area contributed by atoms with Crippen molar-refractivity contribution in [3.05, 3.63) is 35.7 Å². The van der Waals surface area contributed by atoms with Gasteiger partial charge in [0, 0.05) is 5.56 Å². The molecule has 0 unspecified atom stereocenters. The van der Waals surface area contributed by atoms with Gasteiger partial charge in [-0.25, -0.2) is 4.68 Å². The van der Waals surface area contributed by atoms with Gasteiger partial charge in [0.2, 0.25) is 11.1 Å². The molecule has 1 aromatic heterocycles. The zero-order chi connectivity index (χ0) is 16.1. The van der Waals surface area contributed by atoms with Crippen LogP contribution in [0.3, 0.4) is 0 Å². The van der Waals surface area contributed by atoms with Crippen LogP contribution in [0.1, 0.15) is 16.2 Å². The fourth-order valence-electron chi connectivity index (χ4n) is 1.56. The van der Waals surface area contributed by atoms with E-state index in [-0.39, 0.29) is 5.75 Å². The van der Waals surface area contributed by atoms with Gasteiger partial charge < -0.3 is 10.6 Å². The lowest BCUT2D eigenvalue weighted by Crippen LogP contribution is -2.32. The highest BCUT2D eigenvalue weighted by Gasteiger charge is 2.13. The molecule has 9 heteroatoms. The van der Waals surface area contributed by atoms with Gasteiger partial charge in [0.1, 0.15) is 11.6 Å². The second-order valence-electron chi connectivity index (χ2n) is 4.29. The second kappa shape index (κ2) is 6.94. The van der Waals surface area contributed by atoms with E-state index in [4.69, 9.17) is 10.6 Å². The number of nitrogens with zero attached hydrogens (tertiary/aromatic N) is 3. The molecular formula is C13H15N5O3S. The Morgan fingerprint density at radius 2 is 2.00 bits per heavy atom. The van der Waals surface area contributed by atoms with Crippen molar-refractivity contribution in [1.82, 2.24) is 20.2 Å². The average molecular weight is 321 g/mol. The highest BCUT2D eigenvalue weighted by atomic mass is 32.2. The molecule has 0 aliphatic rings. The Balaban J connectivity index is 1.88. The molecule has 0 aliphatic heterocycles. The Bertz CT molecular complexity index is 683. The number of hydrogen-bond donors (Lipinski definition) is 2. The highest BCUT2D eigenvalue weighted by molar-refractivity contribution is 7.99. The lowest BCUT2D eigenvalue weighted by molar-refractivity contribution is -0.117. The topological polar surface area (TPSA) is 112 Å². The number of hydrogen-bond acceptors (Lipinski definition) is 7. The van der Waals surface area contributed by atoms with Crippen LogP contribution in [0.15, 0.2) is 29.4 Å². The third kappa shape index (κ3) is 3.76. The number of nitrogens with one attached hydrogen (secondary N) is 1. The first kappa shape index (κ1) is 15.8. The Morgan fingerprint density at radius 1 is 1.32 bits per heavy atom. The van der Waals surface area contributed by atoms with Crippen molar-refractivity contribution in [3.63, 3.8) is 0 Å². The van der Waals surface area contributed by atoms with Gasteiger partial charge in [-0.1, -0.05) is 11.8 Å². The SMILES string of the molecule is COc1ccc(C(=O)NC(=O)CSc2nnc(C)n2N)cc1.